The maximum atomic E-state index is 11.6. The summed E-state index contributed by atoms with van der Waals surface area (Å²) in [5, 5.41) is 20.2. The van der Waals surface area contributed by atoms with Gasteiger partial charge in [-0.3, -0.25) is 4.79 Å². The number of rotatable bonds is 4. The number of carbonyl (C=O) groups excluding carboxylic acids is 1. The Hall–Kier alpha value is -1.39. The zero-order valence-electron chi connectivity index (χ0n) is 8.60. The standard InChI is InChI=1S/C11H15NO3/c1-8-4-2-3-5-10(8)11(15)12-6-9(14)7-13/h2-5,9,13-14H,6-7H2,1H3,(H,12,15)/t9-/m1/s1. The van der Waals surface area contributed by atoms with Crippen LogP contribution in [-0.4, -0.2) is 35.4 Å². The molecule has 0 saturated carbocycles. The van der Waals surface area contributed by atoms with Gasteiger partial charge in [-0.15, -0.1) is 0 Å². The van der Waals surface area contributed by atoms with E-state index in [2.05, 4.69) is 5.32 Å². The predicted octanol–water partition coefficient (Wildman–Crippen LogP) is 0.0780. The van der Waals surface area contributed by atoms with Crippen LogP contribution in [0.5, 0.6) is 0 Å². The second-order valence-electron chi connectivity index (χ2n) is 3.36. The lowest BCUT2D eigenvalue weighted by Crippen LogP contribution is -2.34. The highest BCUT2D eigenvalue weighted by atomic mass is 16.3. The molecule has 0 spiro atoms. The van der Waals surface area contributed by atoms with Crippen LogP contribution in [0.2, 0.25) is 0 Å². The van der Waals surface area contributed by atoms with Gasteiger partial charge in [0.2, 0.25) is 0 Å². The quantitative estimate of drug-likeness (QED) is 0.657. The Kier molecular flexibility index (Phi) is 4.27. The minimum Gasteiger partial charge on any atom is -0.394 e. The molecule has 0 aliphatic rings. The summed E-state index contributed by atoms with van der Waals surface area (Å²) in [5.41, 5.74) is 1.47. The van der Waals surface area contributed by atoms with Crippen molar-refractivity contribution in [3.63, 3.8) is 0 Å². The van der Waals surface area contributed by atoms with Crippen molar-refractivity contribution in [3.05, 3.63) is 35.4 Å². The minimum absolute atomic E-state index is 0.0592. The van der Waals surface area contributed by atoms with E-state index in [1.54, 1.807) is 12.1 Å². The Morgan fingerprint density at radius 3 is 2.73 bits per heavy atom. The van der Waals surface area contributed by atoms with Gasteiger partial charge in [0.15, 0.2) is 0 Å². The van der Waals surface area contributed by atoms with E-state index in [4.69, 9.17) is 10.2 Å². The molecular weight excluding hydrogens is 194 g/mol. The summed E-state index contributed by atoms with van der Waals surface area (Å²) in [7, 11) is 0. The van der Waals surface area contributed by atoms with Gasteiger partial charge in [0.1, 0.15) is 0 Å². The lowest BCUT2D eigenvalue weighted by Gasteiger charge is -2.10. The van der Waals surface area contributed by atoms with Crippen LogP contribution in [-0.2, 0) is 0 Å². The Balaban J connectivity index is 2.58. The van der Waals surface area contributed by atoms with Crippen LogP contribution >= 0.6 is 0 Å². The fraction of sp³-hybridized carbons (Fsp3) is 0.364. The summed E-state index contributed by atoms with van der Waals surface area (Å²) in [4.78, 5) is 11.6. The Labute approximate surface area is 88.6 Å². The van der Waals surface area contributed by atoms with E-state index in [1.807, 2.05) is 19.1 Å². The van der Waals surface area contributed by atoms with E-state index in [0.717, 1.165) is 5.56 Å². The summed E-state index contributed by atoms with van der Waals surface area (Å²) in [6.07, 6.45) is -0.905. The number of benzene rings is 1. The number of hydrogen-bond donors (Lipinski definition) is 3. The van der Waals surface area contributed by atoms with Crippen LogP contribution < -0.4 is 5.32 Å². The molecule has 0 aliphatic heterocycles. The van der Waals surface area contributed by atoms with Crippen molar-refractivity contribution in [2.75, 3.05) is 13.2 Å². The molecule has 0 aliphatic carbocycles. The summed E-state index contributed by atoms with van der Waals surface area (Å²) >= 11 is 0. The van der Waals surface area contributed by atoms with Gasteiger partial charge in [0, 0.05) is 12.1 Å². The summed E-state index contributed by atoms with van der Waals surface area (Å²) in [6.45, 7) is 1.55. The molecule has 4 nitrogen and oxygen atoms in total. The van der Waals surface area contributed by atoms with E-state index in [1.165, 1.54) is 0 Å². The largest absolute Gasteiger partial charge is 0.394 e. The maximum absolute atomic E-state index is 11.6. The molecule has 3 N–H and O–H groups in total. The molecule has 0 bridgehead atoms. The van der Waals surface area contributed by atoms with E-state index in [0.29, 0.717) is 5.56 Å². The van der Waals surface area contributed by atoms with Gasteiger partial charge in [0.05, 0.1) is 12.7 Å². The molecule has 1 amide bonds. The molecule has 15 heavy (non-hydrogen) atoms. The first kappa shape index (κ1) is 11.7. The first-order chi connectivity index (χ1) is 7.15. The highest BCUT2D eigenvalue weighted by Crippen LogP contribution is 2.06. The van der Waals surface area contributed by atoms with E-state index < -0.39 is 6.10 Å². The van der Waals surface area contributed by atoms with Crippen LogP contribution in [0.4, 0.5) is 0 Å². The SMILES string of the molecule is Cc1ccccc1C(=O)NC[C@@H](O)CO. The summed E-state index contributed by atoms with van der Waals surface area (Å²) < 4.78 is 0. The molecule has 0 radical (unpaired) electrons. The van der Waals surface area contributed by atoms with Crippen LogP contribution in [0.1, 0.15) is 15.9 Å². The van der Waals surface area contributed by atoms with Crippen molar-refractivity contribution in [3.8, 4) is 0 Å². The van der Waals surface area contributed by atoms with E-state index in [9.17, 15) is 4.79 Å². The molecule has 1 aromatic carbocycles. The van der Waals surface area contributed by atoms with Gasteiger partial charge >= 0.3 is 0 Å². The van der Waals surface area contributed by atoms with Gasteiger partial charge in [-0.2, -0.15) is 0 Å². The summed E-state index contributed by atoms with van der Waals surface area (Å²) in [5.74, 6) is -0.236. The second kappa shape index (κ2) is 5.48. The third-order valence-corrected chi connectivity index (χ3v) is 2.10. The molecule has 4 heteroatoms. The van der Waals surface area contributed by atoms with Crippen LogP contribution in [0, 0.1) is 6.92 Å². The first-order valence-electron chi connectivity index (χ1n) is 4.78. The lowest BCUT2D eigenvalue weighted by atomic mass is 10.1. The molecule has 0 heterocycles. The second-order valence-corrected chi connectivity index (χ2v) is 3.36. The Morgan fingerprint density at radius 2 is 2.13 bits per heavy atom. The number of hydrogen-bond acceptors (Lipinski definition) is 3. The van der Waals surface area contributed by atoms with Crippen molar-refractivity contribution in [1.82, 2.24) is 5.32 Å². The van der Waals surface area contributed by atoms with Crippen molar-refractivity contribution in [2.24, 2.45) is 0 Å². The number of aryl methyl sites for hydroxylation is 1. The van der Waals surface area contributed by atoms with Crippen LogP contribution in [0.15, 0.2) is 24.3 Å². The predicted molar refractivity (Wildman–Crippen MR) is 56.6 cm³/mol. The summed E-state index contributed by atoms with van der Waals surface area (Å²) in [6, 6.07) is 7.20. The number of amides is 1. The third-order valence-electron chi connectivity index (χ3n) is 2.10. The normalized spacial score (nSPS) is 12.2. The number of nitrogens with one attached hydrogen (secondary N) is 1. The van der Waals surface area contributed by atoms with Crippen molar-refractivity contribution >= 4 is 5.91 Å². The monoisotopic (exact) mass is 209 g/mol. The van der Waals surface area contributed by atoms with Gasteiger partial charge in [0.25, 0.3) is 5.91 Å². The van der Waals surface area contributed by atoms with Crippen molar-refractivity contribution < 1.29 is 15.0 Å². The highest BCUT2D eigenvalue weighted by molar-refractivity contribution is 5.95. The average molecular weight is 209 g/mol. The van der Waals surface area contributed by atoms with Gasteiger partial charge in [-0.1, -0.05) is 18.2 Å². The number of aliphatic hydroxyl groups is 2. The van der Waals surface area contributed by atoms with Gasteiger partial charge < -0.3 is 15.5 Å². The average Bonchev–Trinajstić information content (AvgIpc) is 2.26. The molecule has 82 valence electrons. The fourth-order valence-electron chi connectivity index (χ4n) is 1.20. The molecule has 1 atom stereocenters. The van der Waals surface area contributed by atoms with Gasteiger partial charge in [-0.05, 0) is 18.6 Å². The van der Waals surface area contributed by atoms with Gasteiger partial charge in [-0.25, -0.2) is 0 Å². The van der Waals surface area contributed by atoms with Crippen LogP contribution in [0.3, 0.4) is 0 Å². The van der Waals surface area contributed by atoms with E-state index in [-0.39, 0.29) is 19.1 Å². The molecular formula is C11H15NO3. The van der Waals surface area contributed by atoms with Crippen molar-refractivity contribution in [1.29, 1.82) is 0 Å². The molecule has 0 fully saturated rings. The van der Waals surface area contributed by atoms with Crippen LogP contribution in [0.25, 0.3) is 0 Å². The highest BCUT2D eigenvalue weighted by Gasteiger charge is 2.09. The topological polar surface area (TPSA) is 69.6 Å². The molecule has 0 unspecified atom stereocenters. The number of aliphatic hydroxyl groups excluding tert-OH is 2. The lowest BCUT2D eigenvalue weighted by molar-refractivity contribution is 0.0801. The molecule has 1 rings (SSSR count). The maximum Gasteiger partial charge on any atom is 0.251 e. The molecule has 1 aromatic rings. The Morgan fingerprint density at radius 1 is 1.47 bits per heavy atom. The third kappa shape index (κ3) is 3.34. The smallest absolute Gasteiger partial charge is 0.251 e. The number of carbonyl (C=O) groups is 1. The Bertz CT molecular complexity index is 338. The zero-order chi connectivity index (χ0) is 11.3. The molecule has 0 saturated heterocycles. The minimum atomic E-state index is -0.905. The fourth-order valence-corrected chi connectivity index (χ4v) is 1.20. The zero-order valence-corrected chi connectivity index (χ0v) is 8.60. The molecule has 0 aromatic heterocycles. The van der Waals surface area contributed by atoms with E-state index >= 15 is 0 Å². The van der Waals surface area contributed by atoms with Crippen molar-refractivity contribution in [2.45, 2.75) is 13.0 Å². The first-order valence-corrected chi connectivity index (χ1v) is 4.78.